The first-order valence-corrected chi connectivity index (χ1v) is 7.64. The smallest absolute Gasteiger partial charge is 0.272 e. The number of hydrogen-bond acceptors (Lipinski definition) is 3. The Labute approximate surface area is 134 Å². The van der Waals surface area contributed by atoms with Crippen molar-refractivity contribution in [2.75, 3.05) is 19.7 Å². The third-order valence-corrected chi connectivity index (χ3v) is 4.09. The highest BCUT2D eigenvalue weighted by atomic mass is 35.5. The molecule has 2 heterocycles. The summed E-state index contributed by atoms with van der Waals surface area (Å²) in [6.07, 6.45) is 2.41. The third kappa shape index (κ3) is 3.31. The summed E-state index contributed by atoms with van der Waals surface area (Å²) in [7, 11) is 1.78. The van der Waals surface area contributed by atoms with Gasteiger partial charge in [-0.2, -0.15) is 5.10 Å². The van der Waals surface area contributed by atoms with Crippen LogP contribution in [0, 0.1) is 0 Å². The average Bonchev–Trinajstić information content (AvgIpc) is 2.95. The predicted molar refractivity (Wildman–Crippen MR) is 84.0 cm³/mol. The molecule has 22 heavy (non-hydrogen) atoms. The summed E-state index contributed by atoms with van der Waals surface area (Å²) in [6.45, 7) is 1.76. The maximum Gasteiger partial charge on any atom is 0.272 e. The minimum atomic E-state index is 0.00408. The van der Waals surface area contributed by atoms with E-state index in [1.165, 1.54) is 0 Å². The Balaban J connectivity index is 1.65. The zero-order chi connectivity index (χ0) is 15.5. The highest BCUT2D eigenvalue weighted by molar-refractivity contribution is 6.30. The Morgan fingerprint density at radius 2 is 2.14 bits per heavy atom. The summed E-state index contributed by atoms with van der Waals surface area (Å²) in [5.74, 6) is 0.00408. The number of nitrogens with zero attached hydrogens (tertiary/aromatic N) is 3. The quantitative estimate of drug-likeness (QED) is 0.871. The number of hydrogen-bond donors (Lipinski definition) is 0. The molecule has 5 nitrogen and oxygen atoms in total. The number of aromatic nitrogens is 2. The number of ether oxygens (including phenoxy) is 1. The van der Waals surface area contributed by atoms with Crippen LogP contribution in [-0.2, 0) is 18.2 Å². The second-order valence-electron chi connectivity index (χ2n) is 5.41. The second-order valence-corrected chi connectivity index (χ2v) is 5.85. The zero-order valence-corrected chi connectivity index (χ0v) is 13.2. The van der Waals surface area contributed by atoms with Gasteiger partial charge in [0.1, 0.15) is 5.69 Å². The lowest BCUT2D eigenvalue weighted by atomic mass is 10.1. The topological polar surface area (TPSA) is 47.4 Å². The van der Waals surface area contributed by atoms with E-state index in [1.807, 2.05) is 29.2 Å². The highest BCUT2D eigenvalue weighted by Gasteiger charge is 2.26. The van der Waals surface area contributed by atoms with Crippen LogP contribution in [0.2, 0.25) is 5.02 Å². The third-order valence-electron chi connectivity index (χ3n) is 3.84. The second kappa shape index (κ2) is 6.50. The molecule has 0 bridgehead atoms. The molecule has 0 radical (unpaired) electrons. The molecule has 2 aromatic rings. The standard InChI is InChI=1S/C16H18ClN3O2/c1-19-15(6-7-18-19)16(21)20-8-9-22-14(11-20)10-12-2-4-13(17)5-3-12/h2-7,14H,8-11H2,1H3/t14-/m1/s1. The lowest BCUT2D eigenvalue weighted by Crippen LogP contribution is -2.46. The molecule has 1 saturated heterocycles. The van der Waals surface area contributed by atoms with E-state index in [0.29, 0.717) is 25.4 Å². The Morgan fingerprint density at radius 1 is 1.36 bits per heavy atom. The van der Waals surface area contributed by atoms with Crippen molar-refractivity contribution in [3.05, 3.63) is 52.8 Å². The number of rotatable bonds is 3. The van der Waals surface area contributed by atoms with Crippen LogP contribution < -0.4 is 0 Å². The molecule has 1 fully saturated rings. The Hall–Kier alpha value is -1.85. The van der Waals surface area contributed by atoms with Crippen molar-refractivity contribution >= 4 is 17.5 Å². The van der Waals surface area contributed by atoms with Crippen LogP contribution in [-0.4, -0.2) is 46.4 Å². The van der Waals surface area contributed by atoms with Crippen LogP contribution in [0.4, 0.5) is 0 Å². The van der Waals surface area contributed by atoms with E-state index in [1.54, 1.807) is 24.0 Å². The van der Waals surface area contributed by atoms with Crippen molar-refractivity contribution in [3.8, 4) is 0 Å². The summed E-state index contributed by atoms with van der Waals surface area (Å²) in [5.41, 5.74) is 1.76. The fraction of sp³-hybridized carbons (Fsp3) is 0.375. The summed E-state index contributed by atoms with van der Waals surface area (Å²) in [4.78, 5) is 14.4. The van der Waals surface area contributed by atoms with Gasteiger partial charge in [-0.05, 0) is 23.8 Å². The molecule has 1 atom stereocenters. The number of benzene rings is 1. The van der Waals surface area contributed by atoms with E-state index < -0.39 is 0 Å². The summed E-state index contributed by atoms with van der Waals surface area (Å²) in [5, 5.41) is 4.78. The Morgan fingerprint density at radius 3 is 2.82 bits per heavy atom. The van der Waals surface area contributed by atoms with Crippen LogP contribution in [0.15, 0.2) is 36.5 Å². The highest BCUT2D eigenvalue weighted by Crippen LogP contribution is 2.16. The van der Waals surface area contributed by atoms with Gasteiger partial charge in [0.15, 0.2) is 0 Å². The van der Waals surface area contributed by atoms with Gasteiger partial charge >= 0.3 is 0 Å². The molecule has 0 saturated carbocycles. The van der Waals surface area contributed by atoms with E-state index in [9.17, 15) is 4.79 Å². The number of aryl methyl sites for hydroxylation is 1. The molecule has 0 aliphatic carbocycles. The zero-order valence-electron chi connectivity index (χ0n) is 12.4. The van der Waals surface area contributed by atoms with E-state index in [0.717, 1.165) is 17.0 Å². The van der Waals surface area contributed by atoms with Crippen LogP contribution in [0.1, 0.15) is 16.1 Å². The molecule has 1 aliphatic heterocycles. The molecule has 6 heteroatoms. The number of carbonyl (C=O) groups excluding carboxylic acids is 1. The van der Waals surface area contributed by atoms with Gasteiger partial charge in [-0.1, -0.05) is 23.7 Å². The van der Waals surface area contributed by atoms with E-state index >= 15 is 0 Å². The van der Waals surface area contributed by atoms with E-state index in [-0.39, 0.29) is 12.0 Å². The molecule has 3 rings (SSSR count). The first kappa shape index (κ1) is 15.1. The monoisotopic (exact) mass is 319 g/mol. The maximum atomic E-state index is 12.5. The lowest BCUT2D eigenvalue weighted by Gasteiger charge is -2.33. The van der Waals surface area contributed by atoms with Crippen LogP contribution in [0.5, 0.6) is 0 Å². The van der Waals surface area contributed by atoms with Gasteiger partial charge in [0, 0.05) is 37.8 Å². The largest absolute Gasteiger partial charge is 0.374 e. The van der Waals surface area contributed by atoms with Crippen LogP contribution >= 0.6 is 11.6 Å². The van der Waals surface area contributed by atoms with Crippen LogP contribution in [0.25, 0.3) is 0 Å². The predicted octanol–water partition coefficient (Wildman–Crippen LogP) is 2.16. The van der Waals surface area contributed by atoms with Gasteiger partial charge < -0.3 is 9.64 Å². The number of halogens is 1. The first-order chi connectivity index (χ1) is 10.6. The number of morpholine rings is 1. The molecular weight excluding hydrogens is 302 g/mol. The SMILES string of the molecule is Cn1nccc1C(=O)N1CCO[C@H](Cc2ccc(Cl)cc2)C1. The molecule has 1 aliphatic rings. The number of carbonyl (C=O) groups is 1. The molecule has 1 amide bonds. The average molecular weight is 320 g/mol. The Kier molecular flexibility index (Phi) is 4.45. The molecule has 0 spiro atoms. The fourth-order valence-corrected chi connectivity index (χ4v) is 2.78. The molecule has 1 aromatic heterocycles. The normalized spacial score (nSPS) is 18.5. The molecule has 116 valence electrons. The summed E-state index contributed by atoms with van der Waals surface area (Å²) >= 11 is 5.90. The molecular formula is C16H18ClN3O2. The first-order valence-electron chi connectivity index (χ1n) is 7.27. The fourth-order valence-electron chi connectivity index (χ4n) is 2.66. The molecule has 0 unspecified atom stereocenters. The summed E-state index contributed by atoms with van der Waals surface area (Å²) in [6, 6.07) is 9.48. The summed E-state index contributed by atoms with van der Waals surface area (Å²) < 4.78 is 7.39. The van der Waals surface area contributed by atoms with Gasteiger partial charge in [0.05, 0.1) is 12.7 Å². The number of amides is 1. The van der Waals surface area contributed by atoms with Crippen molar-refractivity contribution in [2.45, 2.75) is 12.5 Å². The lowest BCUT2D eigenvalue weighted by molar-refractivity contribution is -0.0211. The van der Waals surface area contributed by atoms with Crippen LogP contribution in [0.3, 0.4) is 0 Å². The Bertz CT molecular complexity index is 654. The van der Waals surface area contributed by atoms with Crippen molar-refractivity contribution in [1.29, 1.82) is 0 Å². The van der Waals surface area contributed by atoms with Crippen molar-refractivity contribution in [2.24, 2.45) is 7.05 Å². The van der Waals surface area contributed by atoms with Gasteiger partial charge in [-0.25, -0.2) is 0 Å². The van der Waals surface area contributed by atoms with Crippen molar-refractivity contribution in [3.63, 3.8) is 0 Å². The van der Waals surface area contributed by atoms with Crippen molar-refractivity contribution in [1.82, 2.24) is 14.7 Å². The van der Waals surface area contributed by atoms with E-state index in [2.05, 4.69) is 5.10 Å². The van der Waals surface area contributed by atoms with E-state index in [4.69, 9.17) is 16.3 Å². The van der Waals surface area contributed by atoms with Gasteiger partial charge in [0.25, 0.3) is 5.91 Å². The molecule has 1 aromatic carbocycles. The van der Waals surface area contributed by atoms with Gasteiger partial charge in [-0.3, -0.25) is 9.48 Å². The minimum absolute atomic E-state index is 0.00408. The van der Waals surface area contributed by atoms with Gasteiger partial charge in [-0.15, -0.1) is 0 Å². The van der Waals surface area contributed by atoms with Gasteiger partial charge in [0.2, 0.25) is 0 Å². The maximum absolute atomic E-state index is 12.5. The van der Waals surface area contributed by atoms with Crippen molar-refractivity contribution < 1.29 is 9.53 Å². The molecule has 0 N–H and O–H groups in total. The minimum Gasteiger partial charge on any atom is -0.374 e.